The standard InChI is InChI=1S/C32H40FN3O4S/c1-4-5-21-34-32(38)30(23-26-13-7-6-8-14-26)35(24-27-15-10-9-12-25(27)2)31(37)16-11-22-36(41(3,39)40)29-19-17-28(33)18-20-29/h6-10,12-15,17-20,30H,4-5,11,16,21-24H2,1-3H3,(H,34,38)/t30-/m0/s1. The maximum Gasteiger partial charge on any atom is 0.243 e. The van der Waals surface area contributed by atoms with Gasteiger partial charge in [-0.3, -0.25) is 13.9 Å². The molecule has 1 atom stereocenters. The highest BCUT2D eigenvalue weighted by molar-refractivity contribution is 7.92. The second-order valence-corrected chi connectivity index (χ2v) is 12.1. The Kier molecular flexibility index (Phi) is 11.9. The van der Waals surface area contributed by atoms with Crippen LogP contribution in [-0.4, -0.2) is 50.5 Å². The Morgan fingerprint density at radius 1 is 0.927 bits per heavy atom. The topological polar surface area (TPSA) is 86.8 Å². The van der Waals surface area contributed by atoms with Crippen molar-refractivity contribution in [1.82, 2.24) is 10.2 Å². The van der Waals surface area contributed by atoms with E-state index in [1.807, 2.05) is 68.4 Å². The van der Waals surface area contributed by atoms with E-state index in [0.717, 1.165) is 35.8 Å². The second-order valence-electron chi connectivity index (χ2n) is 10.2. The second kappa shape index (κ2) is 15.3. The Bertz CT molecular complexity index is 1380. The van der Waals surface area contributed by atoms with Gasteiger partial charge < -0.3 is 10.2 Å². The molecule has 3 aromatic carbocycles. The van der Waals surface area contributed by atoms with Crippen molar-refractivity contribution in [2.24, 2.45) is 0 Å². The van der Waals surface area contributed by atoms with Crippen LogP contribution in [0.5, 0.6) is 0 Å². The number of anilines is 1. The van der Waals surface area contributed by atoms with E-state index in [-0.39, 0.29) is 37.7 Å². The lowest BCUT2D eigenvalue weighted by Gasteiger charge is -2.32. The van der Waals surface area contributed by atoms with Crippen LogP contribution in [0.15, 0.2) is 78.9 Å². The Morgan fingerprint density at radius 3 is 2.22 bits per heavy atom. The predicted octanol–water partition coefficient (Wildman–Crippen LogP) is 5.24. The van der Waals surface area contributed by atoms with Gasteiger partial charge in [-0.15, -0.1) is 0 Å². The van der Waals surface area contributed by atoms with E-state index in [0.29, 0.717) is 18.7 Å². The maximum atomic E-state index is 13.9. The van der Waals surface area contributed by atoms with Gasteiger partial charge in [-0.05, 0) is 60.7 Å². The normalized spacial score (nSPS) is 12.0. The summed E-state index contributed by atoms with van der Waals surface area (Å²) in [5, 5.41) is 3.01. The highest BCUT2D eigenvalue weighted by Crippen LogP contribution is 2.21. The maximum absolute atomic E-state index is 13.9. The van der Waals surface area contributed by atoms with Crippen molar-refractivity contribution in [1.29, 1.82) is 0 Å². The van der Waals surface area contributed by atoms with Crippen LogP contribution in [-0.2, 0) is 32.6 Å². The Labute approximate surface area is 243 Å². The Hall–Kier alpha value is -3.72. The third kappa shape index (κ3) is 9.70. The summed E-state index contributed by atoms with van der Waals surface area (Å²) in [6.45, 7) is 4.83. The molecule has 0 saturated heterocycles. The largest absolute Gasteiger partial charge is 0.354 e. The number of hydrogen-bond acceptors (Lipinski definition) is 4. The molecule has 0 aliphatic rings. The molecule has 7 nitrogen and oxygen atoms in total. The summed E-state index contributed by atoms with van der Waals surface area (Å²) < 4.78 is 39.6. The number of hydrogen-bond donors (Lipinski definition) is 1. The molecule has 9 heteroatoms. The molecule has 0 aliphatic heterocycles. The third-order valence-corrected chi connectivity index (χ3v) is 8.16. The first-order chi connectivity index (χ1) is 19.6. The van der Waals surface area contributed by atoms with Crippen molar-refractivity contribution in [3.63, 3.8) is 0 Å². The minimum atomic E-state index is -3.66. The van der Waals surface area contributed by atoms with Gasteiger partial charge in [-0.2, -0.15) is 0 Å². The number of benzene rings is 3. The lowest BCUT2D eigenvalue weighted by atomic mass is 10.0. The molecule has 0 radical (unpaired) electrons. The van der Waals surface area contributed by atoms with Gasteiger partial charge >= 0.3 is 0 Å². The van der Waals surface area contributed by atoms with Gasteiger partial charge in [-0.25, -0.2) is 12.8 Å². The summed E-state index contributed by atoms with van der Waals surface area (Å²) in [6.07, 6.45) is 3.46. The number of rotatable bonds is 15. The van der Waals surface area contributed by atoms with Crippen molar-refractivity contribution in [2.45, 2.75) is 58.5 Å². The fraction of sp³-hybridized carbons (Fsp3) is 0.375. The SMILES string of the molecule is CCCCNC(=O)[C@H](Cc1ccccc1)N(Cc1ccccc1C)C(=O)CCCN(c1ccc(F)cc1)S(C)(=O)=O. The zero-order valence-corrected chi connectivity index (χ0v) is 24.9. The van der Waals surface area contributed by atoms with E-state index < -0.39 is 21.9 Å². The van der Waals surface area contributed by atoms with Crippen molar-refractivity contribution in [2.75, 3.05) is 23.7 Å². The average Bonchev–Trinajstić information content (AvgIpc) is 2.94. The number of carbonyl (C=O) groups is 2. The highest BCUT2D eigenvalue weighted by Gasteiger charge is 2.30. The number of halogens is 1. The van der Waals surface area contributed by atoms with Crippen LogP contribution in [0.4, 0.5) is 10.1 Å². The van der Waals surface area contributed by atoms with Crippen molar-refractivity contribution in [3.8, 4) is 0 Å². The molecule has 3 aromatic rings. The minimum Gasteiger partial charge on any atom is -0.354 e. The first-order valence-electron chi connectivity index (χ1n) is 14.0. The number of aryl methyl sites for hydroxylation is 1. The van der Waals surface area contributed by atoms with E-state index in [1.165, 1.54) is 28.6 Å². The monoisotopic (exact) mass is 581 g/mol. The van der Waals surface area contributed by atoms with Crippen LogP contribution in [0.1, 0.15) is 49.3 Å². The van der Waals surface area contributed by atoms with Crippen LogP contribution in [0.3, 0.4) is 0 Å². The molecule has 3 rings (SSSR count). The molecular weight excluding hydrogens is 541 g/mol. The number of sulfonamides is 1. The molecule has 2 amide bonds. The van der Waals surface area contributed by atoms with E-state index >= 15 is 0 Å². The minimum absolute atomic E-state index is 0.0344. The van der Waals surface area contributed by atoms with Gasteiger partial charge in [0.2, 0.25) is 21.8 Å². The van der Waals surface area contributed by atoms with Crippen molar-refractivity contribution < 1.29 is 22.4 Å². The molecule has 0 unspecified atom stereocenters. The molecule has 41 heavy (non-hydrogen) atoms. The van der Waals surface area contributed by atoms with Crippen molar-refractivity contribution in [3.05, 3.63) is 101 Å². The summed E-state index contributed by atoms with van der Waals surface area (Å²) in [4.78, 5) is 29.0. The van der Waals surface area contributed by atoms with Crippen LogP contribution < -0.4 is 9.62 Å². The van der Waals surface area contributed by atoms with Crippen molar-refractivity contribution >= 4 is 27.5 Å². The van der Waals surface area contributed by atoms with E-state index in [1.54, 1.807) is 4.90 Å². The fourth-order valence-electron chi connectivity index (χ4n) is 4.64. The van der Waals surface area contributed by atoms with Gasteiger partial charge in [0.05, 0.1) is 11.9 Å². The van der Waals surface area contributed by atoms with Gasteiger partial charge in [0.1, 0.15) is 11.9 Å². The molecule has 0 saturated carbocycles. The number of unbranched alkanes of at least 4 members (excludes halogenated alkanes) is 1. The first kappa shape index (κ1) is 31.8. The van der Waals surface area contributed by atoms with Gasteiger partial charge in [0, 0.05) is 32.5 Å². The lowest BCUT2D eigenvalue weighted by molar-refractivity contribution is -0.141. The molecule has 1 N–H and O–H groups in total. The van der Waals surface area contributed by atoms with Gasteiger partial charge in [0.25, 0.3) is 0 Å². The summed E-state index contributed by atoms with van der Waals surface area (Å²) in [5.74, 6) is -0.924. The van der Waals surface area contributed by atoms with E-state index in [9.17, 15) is 22.4 Å². The average molecular weight is 582 g/mol. The molecule has 0 aliphatic carbocycles. The molecule has 0 heterocycles. The van der Waals surface area contributed by atoms with E-state index in [2.05, 4.69) is 5.32 Å². The Morgan fingerprint density at radius 2 is 1.59 bits per heavy atom. The first-order valence-corrected chi connectivity index (χ1v) is 15.8. The summed E-state index contributed by atoms with van der Waals surface area (Å²) in [6, 6.07) is 21.8. The summed E-state index contributed by atoms with van der Waals surface area (Å²) >= 11 is 0. The molecule has 220 valence electrons. The van der Waals surface area contributed by atoms with Crippen LogP contribution >= 0.6 is 0 Å². The van der Waals surface area contributed by atoms with Crippen LogP contribution in [0.25, 0.3) is 0 Å². The predicted molar refractivity (Wildman–Crippen MR) is 161 cm³/mol. The van der Waals surface area contributed by atoms with Gasteiger partial charge in [-0.1, -0.05) is 67.9 Å². The number of amides is 2. The van der Waals surface area contributed by atoms with Gasteiger partial charge in [0.15, 0.2) is 0 Å². The third-order valence-electron chi connectivity index (χ3n) is 6.97. The van der Waals surface area contributed by atoms with E-state index in [4.69, 9.17) is 0 Å². The number of nitrogens with zero attached hydrogens (tertiary/aromatic N) is 2. The molecule has 0 spiro atoms. The molecular formula is C32H40FN3O4S. The Balaban J connectivity index is 1.87. The quantitative estimate of drug-likeness (QED) is 0.249. The highest BCUT2D eigenvalue weighted by atomic mass is 32.2. The zero-order valence-electron chi connectivity index (χ0n) is 24.1. The summed E-state index contributed by atoms with van der Waals surface area (Å²) in [5.41, 5.74) is 3.21. The number of carbonyl (C=O) groups excluding carboxylic acids is 2. The molecule has 0 aromatic heterocycles. The van der Waals surface area contributed by atoms with Crippen LogP contribution in [0, 0.1) is 12.7 Å². The molecule has 0 fully saturated rings. The fourth-order valence-corrected chi connectivity index (χ4v) is 5.61. The summed E-state index contributed by atoms with van der Waals surface area (Å²) in [7, 11) is -3.66. The lowest BCUT2D eigenvalue weighted by Crippen LogP contribution is -2.50. The molecule has 0 bridgehead atoms. The zero-order chi connectivity index (χ0) is 29.8. The number of nitrogens with one attached hydrogen (secondary N) is 1. The van der Waals surface area contributed by atoms with Crippen LogP contribution in [0.2, 0.25) is 0 Å². The smallest absolute Gasteiger partial charge is 0.243 e.